The van der Waals surface area contributed by atoms with Crippen LogP contribution in [0.2, 0.25) is 5.02 Å². The number of nitrogens with one attached hydrogen (secondary N) is 1. The number of piperidine rings is 1. The van der Waals surface area contributed by atoms with Crippen LogP contribution in [-0.4, -0.2) is 44.1 Å². The minimum atomic E-state index is -0.536. The number of aromatic nitrogens is 3. The second-order valence-electron chi connectivity index (χ2n) is 7.63. The molecule has 0 radical (unpaired) electrons. The first-order valence-corrected chi connectivity index (χ1v) is 11.5. The molecule has 31 heavy (non-hydrogen) atoms. The molecule has 0 aliphatic carbocycles. The Labute approximate surface area is 188 Å². The molecule has 162 valence electrons. The normalized spacial score (nSPS) is 18.9. The van der Waals surface area contributed by atoms with Crippen molar-refractivity contribution in [3.05, 3.63) is 63.9 Å². The Morgan fingerprint density at radius 1 is 1.32 bits per heavy atom. The van der Waals surface area contributed by atoms with Crippen LogP contribution in [0.4, 0.5) is 0 Å². The maximum Gasteiger partial charge on any atom is 0.261 e. The fourth-order valence-corrected chi connectivity index (χ4v) is 4.90. The van der Waals surface area contributed by atoms with Crippen LogP contribution in [0.3, 0.4) is 0 Å². The smallest absolute Gasteiger partial charge is 0.261 e. The highest BCUT2D eigenvalue weighted by Gasteiger charge is 2.25. The van der Waals surface area contributed by atoms with Gasteiger partial charge < -0.3 is 10.4 Å². The summed E-state index contributed by atoms with van der Waals surface area (Å²) in [5.74, 6) is 0.570. The summed E-state index contributed by atoms with van der Waals surface area (Å²) in [4.78, 5) is 34.6. The van der Waals surface area contributed by atoms with Crippen molar-refractivity contribution in [3.8, 4) is 0 Å². The van der Waals surface area contributed by atoms with E-state index in [2.05, 4.69) is 15.3 Å². The molecule has 1 aliphatic heterocycles. The number of thioether (sulfide) groups is 1. The van der Waals surface area contributed by atoms with Crippen LogP contribution >= 0.6 is 23.4 Å². The van der Waals surface area contributed by atoms with E-state index in [1.807, 2.05) is 12.1 Å². The van der Waals surface area contributed by atoms with E-state index in [1.165, 1.54) is 22.7 Å². The van der Waals surface area contributed by atoms with Crippen molar-refractivity contribution in [2.24, 2.45) is 0 Å². The van der Waals surface area contributed by atoms with Gasteiger partial charge in [-0.1, -0.05) is 11.6 Å². The number of fused-ring (bicyclic) bond motifs is 1. The summed E-state index contributed by atoms with van der Waals surface area (Å²) in [6.07, 6.45) is 6.07. The number of carbonyl (C=O) groups excluding carboxylic acids is 1. The number of Topliss-reactive ketones (excluding diaryl/α,β-unsaturated/α-hetero) is 1. The van der Waals surface area contributed by atoms with Crippen molar-refractivity contribution in [2.45, 2.75) is 48.6 Å². The van der Waals surface area contributed by atoms with Gasteiger partial charge in [0.2, 0.25) is 0 Å². The maximum atomic E-state index is 13.0. The Balaban J connectivity index is 1.52. The number of hydrogen-bond donors (Lipinski definition) is 2. The maximum absolute atomic E-state index is 13.0. The lowest BCUT2D eigenvalue weighted by Gasteiger charge is -2.28. The molecule has 9 heteroatoms. The first-order chi connectivity index (χ1) is 15.0. The SMILES string of the molecule is O=C(C[C@H]1NCCC[C@@H]1O)Cn1cnc2cc(Cl)c(SCc3ccncc3)cc2c1=O. The van der Waals surface area contributed by atoms with Gasteiger partial charge in [-0.15, -0.1) is 11.8 Å². The Hall–Kier alpha value is -2.26. The predicted molar refractivity (Wildman–Crippen MR) is 121 cm³/mol. The molecule has 7 nitrogen and oxygen atoms in total. The Morgan fingerprint density at radius 2 is 2.13 bits per heavy atom. The van der Waals surface area contributed by atoms with Crippen molar-refractivity contribution in [2.75, 3.05) is 6.54 Å². The predicted octanol–water partition coefficient (Wildman–Crippen LogP) is 2.81. The van der Waals surface area contributed by atoms with Gasteiger partial charge in [0.05, 0.1) is 34.9 Å². The monoisotopic (exact) mass is 458 g/mol. The Kier molecular flexibility index (Phi) is 7.02. The second-order valence-corrected chi connectivity index (χ2v) is 9.06. The third-order valence-electron chi connectivity index (χ3n) is 5.36. The lowest BCUT2D eigenvalue weighted by atomic mass is 9.97. The Bertz CT molecular complexity index is 1140. The van der Waals surface area contributed by atoms with Crippen LogP contribution in [0.1, 0.15) is 24.8 Å². The topological polar surface area (TPSA) is 97.1 Å². The zero-order chi connectivity index (χ0) is 21.8. The lowest BCUT2D eigenvalue weighted by molar-refractivity contribution is -0.121. The largest absolute Gasteiger partial charge is 0.391 e. The van der Waals surface area contributed by atoms with E-state index in [9.17, 15) is 14.7 Å². The van der Waals surface area contributed by atoms with E-state index in [-0.39, 0.29) is 30.3 Å². The fraction of sp³-hybridized carbons (Fsp3) is 0.364. The molecule has 0 bridgehead atoms. The van der Waals surface area contributed by atoms with E-state index in [4.69, 9.17) is 11.6 Å². The number of carbonyl (C=O) groups is 1. The molecule has 3 aromatic rings. The molecule has 0 amide bonds. The molecule has 1 aromatic carbocycles. The van der Waals surface area contributed by atoms with Crippen LogP contribution in [0, 0.1) is 0 Å². The molecule has 0 saturated carbocycles. The highest BCUT2D eigenvalue weighted by molar-refractivity contribution is 7.98. The van der Waals surface area contributed by atoms with Gasteiger partial charge >= 0.3 is 0 Å². The van der Waals surface area contributed by atoms with E-state index in [0.29, 0.717) is 28.1 Å². The van der Waals surface area contributed by atoms with Crippen molar-refractivity contribution in [1.82, 2.24) is 19.9 Å². The first kappa shape index (κ1) is 22.0. The van der Waals surface area contributed by atoms with Crippen LogP contribution in [0.5, 0.6) is 0 Å². The summed E-state index contributed by atoms with van der Waals surface area (Å²) in [5, 5.41) is 14.2. The standard InChI is InChI=1S/C22H23ClN4O3S/c23-17-10-18-16(9-21(17)31-12-14-3-6-24-7-4-14)22(30)27(13-26-18)11-15(28)8-19-20(29)2-1-5-25-19/h3-4,6-7,9-10,13,19-20,25,29H,1-2,5,8,11-12H2/t19-,20+/m1/s1. The lowest BCUT2D eigenvalue weighted by Crippen LogP contribution is -2.46. The summed E-state index contributed by atoms with van der Waals surface area (Å²) in [6.45, 7) is 0.710. The molecule has 1 aliphatic rings. The van der Waals surface area contributed by atoms with Gasteiger partial charge in [-0.2, -0.15) is 0 Å². The van der Waals surface area contributed by atoms with Gasteiger partial charge in [-0.25, -0.2) is 4.98 Å². The van der Waals surface area contributed by atoms with Gasteiger partial charge in [-0.05, 0) is 49.2 Å². The molecule has 2 aromatic heterocycles. The molecule has 4 rings (SSSR count). The third kappa shape index (κ3) is 5.33. The quantitative estimate of drug-likeness (QED) is 0.525. The number of pyridine rings is 1. The number of aliphatic hydroxyl groups is 1. The average molecular weight is 459 g/mol. The van der Waals surface area contributed by atoms with E-state index < -0.39 is 6.10 Å². The molecule has 2 atom stereocenters. The summed E-state index contributed by atoms with van der Waals surface area (Å²) in [5.41, 5.74) is 1.32. The van der Waals surface area contributed by atoms with Crippen molar-refractivity contribution in [3.63, 3.8) is 0 Å². The molecule has 1 fully saturated rings. The number of benzene rings is 1. The van der Waals surface area contributed by atoms with Crippen molar-refractivity contribution >= 4 is 40.0 Å². The highest BCUT2D eigenvalue weighted by Crippen LogP contribution is 2.32. The number of nitrogens with zero attached hydrogens (tertiary/aromatic N) is 3. The number of halogens is 1. The number of hydrogen-bond acceptors (Lipinski definition) is 7. The number of ketones is 1. The average Bonchev–Trinajstić information content (AvgIpc) is 2.77. The van der Waals surface area contributed by atoms with Gasteiger partial charge in [0.1, 0.15) is 0 Å². The highest BCUT2D eigenvalue weighted by atomic mass is 35.5. The van der Waals surface area contributed by atoms with Gasteiger partial charge in [0, 0.05) is 35.5 Å². The first-order valence-electron chi connectivity index (χ1n) is 10.1. The molecule has 0 spiro atoms. The molecule has 0 unspecified atom stereocenters. The van der Waals surface area contributed by atoms with Crippen molar-refractivity contribution in [1.29, 1.82) is 0 Å². The zero-order valence-corrected chi connectivity index (χ0v) is 18.4. The van der Waals surface area contributed by atoms with E-state index in [0.717, 1.165) is 23.4 Å². The van der Waals surface area contributed by atoms with E-state index >= 15 is 0 Å². The molecule has 1 saturated heterocycles. The minimum absolute atomic E-state index is 0.0746. The second kappa shape index (κ2) is 9.91. The van der Waals surface area contributed by atoms with Gasteiger partial charge in [0.15, 0.2) is 5.78 Å². The Morgan fingerprint density at radius 3 is 2.90 bits per heavy atom. The summed E-state index contributed by atoms with van der Waals surface area (Å²) in [6, 6.07) is 7.02. The molecule has 3 heterocycles. The molecular formula is C22H23ClN4O3S. The fourth-order valence-electron chi connectivity index (χ4n) is 3.67. The summed E-state index contributed by atoms with van der Waals surface area (Å²) in [7, 11) is 0. The summed E-state index contributed by atoms with van der Waals surface area (Å²) < 4.78 is 1.32. The van der Waals surface area contributed by atoms with E-state index in [1.54, 1.807) is 24.5 Å². The number of rotatable bonds is 7. The number of aliphatic hydroxyl groups excluding tert-OH is 1. The minimum Gasteiger partial charge on any atom is -0.391 e. The van der Waals surface area contributed by atoms with Crippen LogP contribution in [0.25, 0.3) is 10.9 Å². The molecular weight excluding hydrogens is 436 g/mol. The van der Waals surface area contributed by atoms with Crippen LogP contribution in [0.15, 0.2) is 52.7 Å². The van der Waals surface area contributed by atoms with Gasteiger partial charge in [0.25, 0.3) is 5.56 Å². The third-order valence-corrected chi connectivity index (χ3v) is 6.91. The zero-order valence-electron chi connectivity index (χ0n) is 16.8. The van der Waals surface area contributed by atoms with Crippen LogP contribution < -0.4 is 10.9 Å². The molecule has 2 N–H and O–H groups in total. The van der Waals surface area contributed by atoms with Crippen LogP contribution in [-0.2, 0) is 17.1 Å². The summed E-state index contributed by atoms with van der Waals surface area (Å²) >= 11 is 7.93. The van der Waals surface area contributed by atoms with Crippen molar-refractivity contribution < 1.29 is 9.90 Å². The van der Waals surface area contributed by atoms with Gasteiger partial charge in [-0.3, -0.25) is 19.1 Å².